The van der Waals surface area contributed by atoms with E-state index in [1.807, 2.05) is 0 Å². The molecule has 1 aromatic heterocycles. The highest BCUT2D eigenvalue weighted by Crippen LogP contribution is 2.45. The topological polar surface area (TPSA) is 79.3 Å². The third-order valence-corrected chi connectivity index (χ3v) is 2.86. The second-order valence-corrected chi connectivity index (χ2v) is 4.16. The molecule has 0 spiro atoms. The second kappa shape index (κ2) is 4.12. The van der Waals surface area contributed by atoms with E-state index in [1.54, 1.807) is 0 Å². The Kier molecular flexibility index (Phi) is 2.79. The van der Waals surface area contributed by atoms with Crippen molar-refractivity contribution >= 4 is 11.9 Å². The molecule has 1 aromatic rings. The molecule has 0 atom stereocenters. The zero-order valence-corrected chi connectivity index (χ0v) is 8.94. The molecule has 1 heterocycles. The normalized spacial score (nSPS) is 16.3. The molecule has 1 aliphatic rings. The van der Waals surface area contributed by atoms with Crippen LogP contribution in [0.1, 0.15) is 23.2 Å². The average Bonchev–Trinajstić information content (AvgIpc) is 3.07. The first kappa shape index (κ1) is 11.5. The third-order valence-electron chi connectivity index (χ3n) is 2.86. The van der Waals surface area contributed by atoms with Crippen molar-refractivity contribution in [3.63, 3.8) is 0 Å². The number of nitrogens with zero attached hydrogens (tertiary/aromatic N) is 1. The van der Waals surface area contributed by atoms with Crippen molar-refractivity contribution in [3.8, 4) is 0 Å². The maximum Gasteiger partial charge on any atom is 0.311 e. The Bertz CT molecular complexity index is 472. The first-order valence-corrected chi connectivity index (χ1v) is 5.16. The Morgan fingerprint density at radius 3 is 2.71 bits per heavy atom. The van der Waals surface area contributed by atoms with E-state index in [0.717, 1.165) is 12.3 Å². The molecule has 6 heteroatoms. The summed E-state index contributed by atoms with van der Waals surface area (Å²) in [6, 6.07) is 1.06. The van der Waals surface area contributed by atoms with Crippen LogP contribution in [0.15, 0.2) is 18.5 Å². The van der Waals surface area contributed by atoms with Crippen molar-refractivity contribution in [1.29, 1.82) is 0 Å². The first-order valence-electron chi connectivity index (χ1n) is 5.16. The Labute approximate surface area is 96.7 Å². The summed E-state index contributed by atoms with van der Waals surface area (Å²) in [6.45, 7) is 0.0671. The van der Waals surface area contributed by atoms with Crippen LogP contribution in [0.4, 0.5) is 4.39 Å². The molecule has 0 radical (unpaired) electrons. The van der Waals surface area contributed by atoms with E-state index < -0.39 is 23.1 Å². The average molecular weight is 238 g/mol. The summed E-state index contributed by atoms with van der Waals surface area (Å²) in [4.78, 5) is 26.0. The Morgan fingerprint density at radius 2 is 2.18 bits per heavy atom. The second-order valence-electron chi connectivity index (χ2n) is 4.16. The van der Waals surface area contributed by atoms with Crippen LogP contribution in [0.2, 0.25) is 0 Å². The number of aliphatic carboxylic acids is 1. The van der Waals surface area contributed by atoms with Gasteiger partial charge in [-0.05, 0) is 18.9 Å². The molecule has 90 valence electrons. The number of pyridine rings is 1. The van der Waals surface area contributed by atoms with Gasteiger partial charge >= 0.3 is 5.97 Å². The van der Waals surface area contributed by atoms with Gasteiger partial charge in [-0.2, -0.15) is 0 Å². The van der Waals surface area contributed by atoms with Crippen molar-refractivity contribution in [1.82, 2.24) is 10.3 Å². The van der Waals surface area contributed by atoms with Gasteiger partial charge < -0.3 is 10.4 Å². The number of carbonyl (C=O) groups is 2. The number of amides is 1. The molecular formula is C11H11FN2O3. The van der Waals surface area contributed by atoms with Crippen LogP contribution >= 0.6 is 0 Å². The Hall–Kier alpha value is -1.98. The number of halogens is 1. The minimum absolute atomic E-state index is 0.0671. The van der Waals surface area contributed by atoms with Gasteiger partial charge in [0.1, 0.15) is 5.82 Å². The molecule has 5 nitrogen and oxygen atoms in total. The van der Waals surface area contributed by atoms with Gasteiger partial charge in [0.2, 0.25) is 0 Å². The van der Waals surface area contributed by atoms with E-state index in [-0.39, 0.29) is 12.1 Å². The lowest BCUT2D eigenvalue weighted by Crippen LogP contribution is -2.34. The third kappa shape index (κ3) is 2.41. The maximum absolute atomic E-state index is 12.8. The molecule has 0 aromatic carbocycles. The van der Waals surface area contributed by atoms with Crippen LogP contribution in [0.3, 0.4) is 0 Å². The zero-order chi connectivity index (χ0) is 12.5. The van der Waals surface area contributed by atoms with E-state index in [0.29, 0.717) is 12.8 Å². The fourth-order valence-corrected chi connectivity index (χ4v) is 1.50. The molecule has 1 fully saturated rings. The van der Waals surface area contributed by atoms with Crippen molar-refractivity contribution in [2.75, 3.05) is 6.54 Å². The molecule has 17 heavy (non-hydrogen) atoms. The highest BCUT2D eigenvalue weighted by atomic mass is 19.1. The summed E-state index contributed by atoms with van der Waals surface area (Å²) in [5.41, 5.74) is -0.734. The van der Waals surface area contributed by atoms with Crippen LogP contribution in [0.5, 0.6) is 0 Å². The Balaban J connectivity index is 1.96. The number of hydrogen-bond acceptors (Lipinski definition) is 3. The van der Waals surface area contributed by atoms with Crippen LogP contribution in [0.25, 0.3) is 0 Å². The summed E-state index contributed by atoms with van der Waals surface area (Å²) < 4.78 is 12.8. The van der Waals surface area contributed by atoms with Crippen molar-refractivity contribution in [2.24, 2.45) is 5.41 Å². The van der Waals surface area contributed by atoms with Gasteiger partial charge in [0, 0.05) is 12.7 Å². The summed E-state index contributed by atoms with van der Waals surface area (Å²) in [5.74, 6) is -2.02. The molecule has 1 saturated carbocycles. The van der Waals surface area contributed by atoms with Gasteiger partial charge in [0.05, 0.1) is 17.2 Å². The molecule has 0 unspecified atom stereocenters. The molecule has 1 aliphatic carbocycles. The zero-order valence-electron chi connectivity index (χ0n) is 8.94. The first-order chi connectivity index (χ1) is 8.03. The number of rotatable bonds is 4. The molecule has 1 amide bonds. The monoisotopic (exact) mass is 238 g/mol. The maximum atomic E-state index is 12.8. The number of hydrogen-bond donors (Lipinski definition) is 2. The largest absolute Gasteiger partial charge is 0.481 e. The smallest absolute Gasteiger partial charge is 0.311 e. The van der Waals surface area contributed by atoms with Gasteiger partial charge in [-0.3, -0.25) is 14.6 Å². The van der Waals surface area contributed by atoms with Crippen molar-refractivity contribution in [3.05, 3.63) is 29.8 Å². The van der Waals surface area contributed by atoms with Gasteiger partial charge in [-0.25, -0.2) is 4.39 Å². The molecule has 0 saturated heterocycles. The van der Waals surface area contributed by atoms with Crippen molar-refractivity contribution < 1.29 is 19.1 Å². The molecule has 2 rings (SSSR count). The van der Waals surface area contributed by atoms with Gasteiger partial charge in [0.15, 0.2) is 0 Å². The summed E-state index contributed by atoms with van der Waals surface area (Å²) in [6.07, 6.45) is 3.35. The minimum atomic E-state index is -0.907. The highest BCUT2D eigenvalue weighted by Gasteiger charge is 2.50. The lowest BCUT2D eigenvalue weighted by molar-refractivity contribution is -0.143. The quantitative estimate of drug-likeness (QED) is 0.813. The molecular weight excluding hydrogens is 227 g/mol. The number of carboxylic acid groups (broad SMARTS) is 1. The summed E-state index contributed by atoms with van der Waals surface area (Å²) in [7, 11) is 0. The molecule has 0 bridgehead atoms. The predicted octanol–water partition coefficient (Wildman–Crippen LogP) is 0.815. The number of carbonyl (C=O) groups excluding carboxylic acids is 1. The van der Waals surface area contributed by atoms with Crippen LogP contribution in [-0.2, 0) is 4.79 Å². The molecule has 0 aliphatic heterocycles. The lowest BCUT2D eigenvalue weighted by Gasteiger charge is -2.10. The molecule has 2 N–H and O–H groups in total. The van der Waals surface area contributed by atoms with E-state index in [9.17, 15) is 14.0 Å². The van der Waals surface area contributed by atoms with E-state index in [2.05, 4.69) is 10.3 Å². The standard InChI is InChI=1S/C11H11FN2O3/c12-8-3-7(4-13-5-8)9(15)14-6-11(1-2-11)10(16)17/h3-5H,1-2,6H2,(H,14,15)(H,16,17). The van der Waals surface area contributed by atoms with Gasteiger partial charge in [0.25, 0.3) is 5.91 Å². The number of aromatic nitrogens is 1. The van der Waals surface area contributed by atoms with Crippen LogP contribution < -0.4 is 5.32 Å². The SMILES string of the molecule is O=C(NCC1(C(=O)O)CC1)c1cncc(F)c1. The van der Waals surface area contributed by atoms with E-state index in [1.165, 1.54) is 6.20 Å². The van der Waals surface area contributed by atoms with Gasteiger partial charge in [-0.15, -0.1) is 0 Å². The fraction of sp³-hybridized carbons (Fsp3) is 0.364. The van der Waals surface area contributed by atoms with Crippen molar-refractivity contribution in [2.45, 2.75) is 12.8 Å². The summed E-state index contributed by atoms with van der Waals surface area (Å²) in [5, 5.41) is 11.4. The predicted molar refractivity (Wildman–Crippen MR) is 55.8 cm³/mol. The Morgan fingerprint density at radius 1 is 1.47 bits per heavy atom. The number of nitrogens with one attached hydrogen (secondary N) is 1. The number of carboxylic acids is 1. The fourth-order valence-electron chi connectivity index (χ4n) is 1.50. The van der Waals surface area contributed by atoms with Gasteiger partial charge in [-0.1, -0.05) is 0 Å². The lowest BCUT2D eigenvalue weighted by atomic mass is 10.1. The highest BCUT2D eigenvalue weighted by molar-refractivity contribution is 5.94. The van der Waals surface area contributed by atoms with Crippen LogP contribution in [0, 0.1) is 11.2 Å². The van der Waals surface area contributed by atoms with E-state index >= 15 is 0 Å². The van der Waals surface area contributed by atoms with Crippen LogP contribution in [-0.4, -0.2) is 28.5 Å². The summed E-state index contributed by atoms with van der Waals surface area (Å²) >= 11 is 0. The minimum Gasteiger partial charge on any atom is -0.481 e. The van der Waals surface area contributed by atoms with E-state index in [4.69, 9.17) is 5.11 Å².